The molecule has 1 aromatic rings. The van der Waals surface area contributed by atoms with E-state index in [1.54, 1.807) is 23.1 Å². The Kier molecular flexibility index (Phi) is 5.31. The highest BCUT2D eigenvalue weighted by Crippen LogP contribution is 2.24. The van der Waals surface area contributed by atoms with Gasteiger partial charge in [-0.3, -0.25) is 9.59 Å². The van der Waals surface area contributed by atoms with Gasteiger partial charge < -0.3 is 15.4 Å². The molecule has 0 aliphatic carbocycles. The summed E-state index contributed by atoms with van der Waals surface area (Å²) in [6.07, 6.45) is 1.49. The summed E-state index contributed by atoms with van der Waals surface area (Å²) in [6, 6.07) is 4.76. The summed E-state index contributed by atoms with van der Waals surface area (Å²) in [6.45, 7) is 0.845. The van der Waals surface area contributed by atoms with E-state index in [1.807, 2.05) is 0 Å². The molecular formula is C14H16Cl2N2O3. The van der Waals surface area contributed by atoms with Crippen molar-refractivity contribution in [1.29, 1.82) is 0 Å². The molecule has 21 heavy (non-hydrogen) atoms. The first-order valence-corrected chi connectivity index (χ1v) is 7.37. The molecule has 0 saturated carbocycles. The van der Waals surface area contributed by atoms with Gasteiger partial charge in [0.25, 0.3) is 5.91 Å². The van der Waals surface area contributed by atoms with Gasteiger partial charge in [-0.05, 0) is 31.0 Å². The minimum Gasteiger partial charge on any atom is -0.484 e. The number of carbonyl (C=O) groups is 2. The van der Waals surface area contributed by atoms with E-state index in [2.05, 4.69) is 0 Å². The van der Waals surface area contributed by atoms with Crippen LogP contribution >= 0.6 is 23.2 Å². The number of carbonyl (C=O) groups excluding carboxylic acids is 2. The molecule has 5 nitrogen and oxygen atoms in total. The smallest absolute Gasteiger partial charge is 0.260 e. The van der Waals surface area contributed by atoms with Crippen molar-refractivity contribution in [2.45, 2.75) is 12.8 Å². The van der Waals surface area contributed by atoms with E-state index in [0.29, 0.717) is 28.9 Å². The standard InChI is InChI=1S/C14H16Cl2N2O3/c15-10-4-11(16)6-12(5-10)21-8-13(19)18-3-1-2-9(7-18)14(17)20/h4-6,9H,1-3,7-8H2,(H2,17,20)/t9-/m1/s1. The highest BCUT2D eigenvalue weighted by Gasteiger charge is 2.27. The van der Waals surface area contributed by atoms with E-state index >= 15 is 0 Å². The number of ether oxygens (including phenoxy) is 1. The number of rotatable bonds is 4. The van der Waals surface area contributed by atoms with Gasteiger partial charge in [0.2, 0.25) is 5.91 Å². The zero-order chi connectivity index (χ0) is 15.4. The van der Waals surface area contributed by atoms with Crippen LogP contribution in [0, 0.1) is 5.92 Å². The Balaban J connectivity index is 1.90. The number of amides is 2. The second kappa shape index (κ2) is 7.00. The molecule has 7 heteroatoms. The Hall–Kier alpha value is -1.46. The number of nitrogens with two attached hydrogens (primary N) is 1. The molecule has 2 rings (SSSR count). The Morgan fingerprint density at radius 1 is 1.29 bits per heavy atom. The van der Waals surface area contributed by atoms with Crippen LogP contribution in [0.1, 0.15) is 12.8 Å². The molecule has 1 aromatic carbocycles. The van der Waals surface area contributed by atoms with Crippen LogP contribution in [0.25, 0.3) is 0 Å². The first kappa shape index (κ1) is 15.9. The molecule has 0 spiro atoms. The fourth-order valence-electron chi connectivity index (χ4n) is 2.28. The van der Waals surface area contributed by atoms with Crippen molar-refractivity contribution in [3.05, 3.63) is 28.2 Å². The number of benzene rings is 1. The molecule has 1 atom stereocenters. The van der Waals surface area contributed by atoms with Crippen LogP contribution in [0.3, 0.4) is 0 Å². The van der Waals surface area contributed by atoms with E-state index in [4.69, 9.17) is 33.7 Å². The van der Waals surface area contributed by atoms with Crippen LogP contribution in [-0.2, 0) is 9.59 Å². The van der Waals surface area contributed by atoms with Crippen LogP contribution in [0.2, 0.25) is 10.0 Å². The van der Waals surface area contributed by atoms with Gasteiger partial charge >= 0.3 is 0 Å². The number of primary amides is 1. The van der Waals surface area contributed by atoms with Gasteiger partial charge in [0.15, 0.2) is 6.61 Å². The maximum absolute atomic E-state index is 12.1. The van der Waals surface area contributed by atoms with Crippen molar-refractivity contribution < 1.29 is 14.3 Å². The maximum Gasteiger partial charge on any atom is 0.260 e. The minimum absolute atomic E-state index is 0.123. The summed E-state index contributed by atoms with van der Waals surface area (Å²) in [5.41, 5.74) is 5.29. The second-order valence-corrected chi connectivity index (χ2v) is 5.85. The summed E-state index contributed by atoms with van der Waals surface area (Å²) >= 11 is 11.7. The van der Waals surface area contributed by atoms with Crippen molar-refractivity contribution in [1.82, 2.24) is 4.90 Å². The van der Waals surface area contributed by atoms with Gasteiger partial charge in [-0.15, -0.1) is 0 Å². The predicted octanol–water partition coefficient (Wildman–Crippen LogP) is 2.10. The van der Waals surface area contributed by atoms with Crippen LogP contribution < -0.4 is 10.5 Å². The summed E-state index contributed by atoms with van der Waals surface area (Å²) < 4.78 is 5.40. The van der Waals surface area contributed by atoms with Crippen LogP contribution in [0.4, 0.5) is 0 Å². The molecule has 1 heterocycles. The van der Waals surface area contributed by atoms with Gasteiger partial charge in [-0.1, -0.05) is 23.2 Å². The zero-order valence-corrected chi connectivity index (χ0v) is 12.9. The molecule has 114 valence electrons. The molecular weight excluding hydrogens is 315 g/mol. The SMILES string of the molecule is NC(=O)[C@@H]1CCCN(C(=O)COc2cc(Cl)cc(Cl)c2)C1. The number of halogens is 2. The Bertz CT molecular complexity index is 531. The van der Waals surface area contributed by atoms with Gasteiger partial charge in [-0.25, -0.2) is 0 Å². The normalized spacial score (nSPS) is 18.4. The molecule has 1 aliphatic heterocycles. The Morgan fingerprint density at radius 2 is 1.95 bits per heavy atom. The minimum atomic E-state index is -0.366. The van der Waals surface area contributed by atoms with E-state index in [0.717, 1.165) is 12.8 Å². The van der Waals surface area contributed by atoms with Crippen molar-refractivity contribution in [2.75, 3.05) is 19.7 Å². The zero-order valence-electron chi connectivity index (χ0n) is 11.4. The fourth-order valence-corrected chi connectivity index (χ4v) is 2.79. The number of hydrogen-bond donors (Lipinski definition) is 1. The van der Waals surface area contributed by atoms with Gasteiger partial charge in [0.05, 0.1) is 5.92 Å². The molecule has 0 radical (unpaired) electrons. The topological polar surface area (TPSA) is 72.6 Å². The van der Waals surface area contributed by atoms with Crippen LogP contribution in [-0.4, -0.2) is 36.4 Å². The molecule has 1 aliphatic rings. The quantitative estimate of drug-likeness (QED) is 0.918. The molecule has 1 fully saturated rings. The monoisotopic (exact) mass is 330 g/mol. The van der Waals surface area contributed by atoms with Crippen molar-refractivity contribution >= 4 is 35.0 Å². The highest BCUT2D eigenvalue weighted by molar-refractivity contribution is 6.34. The Morgan fingerprint density at radius 3 is 2.57 bits per heavy atom. The predicted molar refractivity (Wildman–Crippen MR) is 80.5 cm³/mol. The number of hydrogen-bond acceptors (Lipinski definition) is 3. The lowest BCUT2D eigenvalue weighted by atomic mass is 9.97. The lowest BCUT2D eigenvalue weighted by Gasteiger charge is -2.31. The first-order valence-electron chi connectivity index (χ1n) is 6.61. The third-order valence-corrected chi connectivity index (χ3v) is 3.81. The molecule has 0 unspecified atom stereocenters. The molecule has 0 aromatic heterocycles. The van der Waals surface area contributed by atoms with Crippen molar-refractivity contribution in [2.24, 2.45) is 11.7 Å². The summed E-state index contributed by atoms with van der Waals surface area (Å²) in [7, 11) is 0. The molecule has 0 bridgehead atoms. The Labute approximate surface area is 132 Å². The van der Waals surface area contributed by atoms with Crippen LogP contribution in [0.5, 0.6) is 5.75 Å². The van der Waals surface area contributed by atoms with Gasteiger partial charge in [0.1, 0.15) is 5.75 Å². The van der Waals surface area contributed by atoms with E-state index in [-0.39, 0.29) is 24.3 Å². The molecule has 2 N–H and O–H groups in total. The third-order valence-electron chi connectivity index (χ3n) is 3.37. The van der Waals surface area contributed by atoms with Crippen molar-refractivity contribution in [3.8, 4) is 5.75 Å². The summed E-state index contributed by atoms with van der Waals surface area (Å²) in [4.78, 5) is 24.9. The fraction of sp³-hybridized carbons (Fsp3) is 0.429. The van der Waals surface area contributed by atoms with Crippen molar-refractivity contribution in [3.63, 3.8) is 0 Å². The molecule has 1 saturated heterocycles. The number of piperidine rings is 1. The lowest BCUT2D eigenvalue weighted by molar-refractivity contribution is -0.136. The average Bonchev–Trinajstić information content (AvgIpc) is 2.44. The second-order valence-electron chi connectivity index (χ2n) is 4.98. The van der Waals surface area contributed by atoms with Gasteiger partial charge in [0, 0.05) is 23.1 Å². The summed E-state index contributed by atoms with van der Waals surface area (Å²) in [5.74, 6) is -0.389. The largest absolute Gasteiger partial charge is 0.484 e. The van der Waals surface area contributed by atoms with E-state index in [1.165, 1.54) is 0 Å². The van der Waals surface area contributed by atoms with Crippen LogP contribution in [0.15, 0.2) is 18.2 Å². The van der Waals surface area contributed by atoms with E-state index in [9.17, 15) is 9.59 Å². The third kappa shape index (κ3) is 4.51. The van der Waals surface area contributed by atoms with E-state index < -0.39 is 0 Å². The number of nitrogens with zero attached hydrogens (tertiary/aromatic N) is 1. The number of likely N-dealkylation sites (tertiary alicyclic amines) is 1. The average molecular weight is 331 g/mol. The molecule has 2 amide bonds. The maximum atomic E-state index is 12.1. The van der Waals surface area contributed by atoms with Gasteiger partial charge in [-0.2, -0.15) is 0 Å². The first-order chi connectivity index (χ1) is 9.95. The highest BCUT2D eigenvalue weighted by atomic mass is 35.5. The summed E-state index contributed by atoms with van der Waals surface area (Å²) in [5, 5.41) is 0.883. The lowest BCUT2D eigenvalue weighted by Crippen LogP contribution is -2.45.